The van der Waals surface area contributed by atoms with E-state index in [1.54, 1.807) is 0 Å². The Labute approximate surface area is 82.2 Å². The summed E-state index contributed by atoms with van der Waals surface area (Å²) in [5.74, 6) is 0. The molecule has 1 heterocycles. The lowest BCUT2D eigenvalue weighted by Gasteiger charge is -2.23. The fraction of sp³-hybridized carbons (Fsp3) is 1.00. The second-order valence-corrected chi connectivity index (χ2v) is 3.79. The van der Waals surface area contributed by atoms with E-state index in [9.17, 15) is 13.2 Å². The number of hydrogen-bond acceptors (Lipinski definition) is 2. The highest BCUT2D eigenvalue weighted by atomic mass is 19.4. The second kappa shape index (κ2) is 4.98. The van der Waals surface area contributed by atoms with E-state index in [2.05, 4.69) is 4.90 Å². The van der Waals surface area contributed by atoms with E-state index in [0.29, 0.717) is 19.1 Å². The van der Waals surface area contributed by atoms with Gasteiger partial charge in [-0.15, -0.1) is 0 Å². The minimum Gasteiger partial charge on any atom is -0.329 e. The molecule has 1 rings (SSSR count). The van der Waals surface area contributed by atoms with Crippen LogP contribution in [-0.4, -0.2) is 36.8 Å². The van der Waals surface area contributed by atoms with Crippen LogP contribution in [0.1, 0.15) is 25.7 Å². The number of nitrogens with zero attached hydrogens (tertiary/aromatic N) is 1. The molecule has 2 N–H and O–H groups in total. The van der Waals surface area contributed by atoms with E-state index >= 15 is 0 Å². The monoisotopic (exact) mass is 210 g/mol. The van der Waals surface area contributed by atoms with Gasteiger partial charge in [0.2, 0.25) is 0 Å². The first-order valence-electron chi connectivity index (χ1n) is 5.04. The molecule has 0 aromatic carbocycles. The molecule has 2 nitrogen and oxygen atoms in total. The van der Waals surface area contributed by atoms with E-state index in [0.717, 1.165) is 19.4 Å². The van der Waals surface area contributed by atoms with E-state index < -0.39 is 12.6 Å². The molecule has 1 aliphatic rings. The first-order valence-corrected chi connectivity index (χ1v) is 5.04. The second-order valence-electron chi connectivity index (χ2n) is 3.79. The molecular formula is C9H17F3N2. The number of likely N-dealkylation sites (tertiary alicyclic amines) is 1. The molecule has 0 spiro atoms. The summed E-state index contributed by atoms with van der Waals surface area (Å²) in [5, 5.41) is 0. The summed E-state index contributed by atoms with van der Waals surface area (Å²) in [6.45, 7) is 1.99. The van der Waals surface area contributed by atoms with Gasteiger partial charge in [-0.25, -0.2) is 0 Å². The zero-order valence-electron chi connectivity index (χ0n) is 8.19. The third-order valence-electron chi connectivity index (χ3n) is 2.68. The Kier molecular flexibility index (Phi) is 4.19. The van der Waals surface area contributed by atoms with E-state index in [1.165, 1.54) is 0 Å². The Hall–Kier alpha value is -0.290. The lowest BCUT2D eigenvalue weighted by molar-refractivity contribution is -0.136. The van der Waals surface area contributed by atoms with Crippen LogP contribution < -0.4 is 5.73 Å². The molecule has 1 aliphatic heterocycles. The lowest BCUT2D eigenvalue weighted by atomic mass is 10.2. The summed E-state index contributed by atoms with van der Waals surface area (Å²) in [6.07, 6.45) is -2.41. The molecule has 0 saturated carbocycles. The third kappa shape index (κ3) is 3.84. The average molecular weight is 210 g/mol. The molecule has 0 aliphatic carbocycles. The van der Waals surface area contributed by atoms with Crippen LogP contribution in [0.15, 0.2) is 0 Å². The van der Waals surface area contributed by atoms with Gasteiger partial charge in [-0.05, 0) is 32.4 Å². The molecule has 0 amide bonds. The molecule has 0 aromatic rings. The molecule has 1 saturated heterocycles. The molecule has 0 radical (unpaired) electrons. The maximum atomic E-state index is 11.9. The van der Waals surface area contributed by atoms with Crippen molar-refractivity contribution in [3.05, 3.63) is 0 Å². The van der Waals surface area contributed by atoms with Crippen LogP contribution in [0, 0.1) is 0 Å². The third-order valence-corrected chi connectivity index (χ3v) is 2.68. The molecule has 1 atom stereocenters. The molecule has 0 bridgehead atoms. The summed E-state index contributed by atoms with van der Waals surface area (Å²) >= 11 is 0. The number of nitrogens with two attached hydrogens (primary N) is 1. The average Bonchev–Trinajstić information content (AvgIpc) is 2.49. The van der Waals surface area contributed by atoms with Gasteiger partial charge in [0, 0.05) is 19.0 Å². The largest absolute Gasteiger partial charge is 0.389 e. The Morgan fingerprint density at radius 3 is 2.64 bits per heavy atom. The van der Waals surface area contributed by atoms with Gasteiger partial charge >= 0.3 is 6.18 Å². The summed E-state index contributed by atoms with van der Waals surface area (Å²) in [7, 11) is 0. The summed E-state index contributed by atoms with van der Waals surface area (Å²) in [5.41, 5.74) is 5.52. The minimum absolute atomic E-state index is 0.194. The zero-order chi connectivity index (χ0) is 10.6. The Bertz CT molecular complexity index is 170. The van der Waals surface area contributed by atoms with Crippen molar-refractivity contribution >= 4 is 0 Å². The normalized spacial score (nSPS) is 24.4. The molecule has 84 valence electrons. The SMILES string of the molecule is NCC1CCCN1CCCC(F)(F)F. The van der Waals surface area contributed by atoms with Gasteiger partial charge in [-0.2, -0.15) is 13.2 Å². The summed E-state index contributed by atoms with van der Waals surface area (Å²) < 4.78 is 35.6. The van der Waals surface area contributed by atoms with Crippen LogP contribution >= 0.6 is 0 Å². The standard InChI is InChI=1S/C9H17F3N2/c10-9(11,12)4-2-6-14-5-1-3-8(14)7-13/h8H,1-7,13H2. The van der Waals surface area contributed by atoms with E-state index in [4.69, 9.17) is 5.73 Å². The van der Waals surface area contributed by atoms with Crippen LogP contribution in [0.3, 0.4) is 0 Å². The van der Waals surface area contributed by atoms with Crippen molar-refractivity contribution in [3.8, 4) is 0 Å². The van der Waals surface area contributed by atoms with Gasteiger partial charge < -0.3 is 5.73 Å². The van der Waals surface area contributed by atoms with Crippen molar-refractivity contribution in [3.63, 3.8) is 0 Å². The topological polar surface area (TPSA) is 29.3 Å². The fourth-order valence-corrected chi connectivity index (χ4v) is 1.94. The van der Waals surface area contributed by atoms with Gasteiger partial charge in [-0.1, -0.05) is 0 Å². The number of hydrogen-bond donors (Lipinski definition) is 1. The smallest absolute Gasteiger partial charge is 0.329 e. The van der Waals surface area contributed by atoms with Gasteiger partial charge in [0.15, 0.2) is 0 Å². The fourth-order valence-electron chi connectivity index (χ4n) is 1.94. The van der Waals surface area contributed by atoms with Crippen LogP contribution in [0.5, 0.6) is 0 Å². The molecular weight excluding hydrogens is 193 g/mol. The minimum atomic E-state index is -4.02. The van der Waals surface area contributed by atoms with Gasteiger partial charge in [0.25, 0.3) is 0 Å². The molecule has 14 heavy (non-hydrogen) atoms. The Balaban J connectivity index is 2.18. The highest BCUT2D eigenvalue weighted by Gasteiger charge is 2.28. The molecule has 1 fully saturated rings. The van der Waals surface area contributed by atoms with Crippen LogP contribution in [0.2, 0.25) is 0 Å². The molecule has 5 heteroatoms. The lowest BCUT2D eigenvalue weighted by Crippen LogP contribution is -2.36. The van der Waals surface area contributed by atoms with Gasteiger partial charge in [-0.3, -0.25) is 4.90 Å². The quantitative estimate of drug-likeness (QED) is 0.766. The number of alkyl halides is 3. The van der Waals surface area contributed by atoms with Gasteiger partial charge in [0.05, 0.1) is 0 Å². The predicted octanol–water partition coefficient (Wildman–Crippen LogP) is 1.75. The van der Waals surface area contributed by atoms with Crippen molar-refractivity contribution in [1.29, 1.82) is 0 Å². The number of halogens is 3. The van der Waals surface area contributed by atoms with Crippen molar-refractivity contribution < 1.29 is 13.2 Å². The van der Waals surface area contributed by atoms with Crippen molar-refractivity contribution in [2.45, 2.75) is 37.9 Å². The predicted molar refractivity (Wildman–Crippen MR) is 48.9 cm³/mol. The highest BCUT2D eigenvalue weighted by Crippen LogP contribution is 2.23. The van der Waals surface area contributed by atoms with Crippen LogP contribution in [0.25, 0.3) is 0 Å². The number of rotatable bonds is 4. The maximum Gasteiger partial charge on any atom is 0.389 e. The van der Waals surface area contributed by atoms with E-state index in [1.807, 2.05) is 0 Å². The Morgan fingerprint density at radius 2 is 2.07 bits per heavy atom. The summed E-state index contributed by atoms with van der Waals surface area (Å²) in [6, 6.07) is 0.309. The first kappa shape index (κ1) is 11.8. The van der Waals surface area contributed by atoms with E-state index in [-0.39, 0.29) is 6.42 Å². The van der Waals surface area contributed by atoms with Gasteiger partial charge in [0.1, 0.15) is 0 Å². The van der Waals surface area contributed by atoms with Crippen molar-refractivity contribution in [2.24, 2.45) is 5.73 Å². The van der Waals surface area contributed by atoms with Crippen molar-refractivity contribution in [2.75, 3.05) is 19.6 Å². The Morgan fingerprint density at radius 1 is 1.36 bits per heavy atom. The highest BCUT2D eigenvalue weighted by molar-refractivity contribution is 4.79. The van der Waals surface area contributed by atoms with Crippen LogP contribution in [0.4, 0.5) is 13.2 Å². The molecule has 1 unspecified atom stereocenters. The zero-order valence-corrected chi connectivity index (χ0v) is 8.19. The van der Waals surface area contributed by atoms with Crippen LogP contribution in [-0.2, 0) is 0 Å². The molecule has 0 aromatic heterocycles. The van der Waals surface area contributed by atoms with Crippen molar-refractivity contribution in [1.82, 2.24) is 4.90 Å². The first-order chi connectivity index (χ1) is 6.53. The maximum absolute atomic E-state index is 11.9. The summed E-state index contributed by atoms with van der Waals surface area (Å²) in [4.78, 5) is 2.08.